The van der Waals surface area contributed by atoms with Crippen LogP contribution in [0.2, 0.25) is 13.1 Å². The minimum absolute atomic E-state index is 0.478. The summed E-state index contributed by atoms with van der Waals surface area (Å²) in [6.07, 6.45) is 15.6. The monoisotopic (exact) mass is 436 g/mol. The van der Waals surface area contributed by atoms with Crippen molar-refractivity contribution in [1.29, 1.82) is 0 Å². The molecule has 5 rings (SSSR count). The molecule has 0 unspecified atom stereocenters. The van der Waals surface area contributed by atoms with E-state index < -0.39 is 8.32 Å². The van der Waals surface area contributed by atoms with Crippen LogP contribution in [0.15, 0.2) is 42.0 Å². The Morgan fingerprint density at radius 3 is 2.45 bits per heavy atom. The van der Waals surface area contributed by atoms with Crippen LogP contribution in [0, 0.1) is 34.5 Å². The summed E-state index contributed by atoms with van der Waals surface area (Å²) in [6, 6.07) is 11.0. The molecule has 0 N–H and O–H groups in total. The van der Waals surface area contributed by atoms with Gasteiger partial charge in [-0.2, -0.15) is 0 Å². The average molecular weight is 437 g/mol. The molecule has 1 aromatic rings. The maximum atomic E-state index is 6.94. The minimum atomic E-state index is -1.83. The van der Waals surface area contributed by atoms with E-state index in [2.05, 4.69) is 70.3 Å². The van der Waals surface area contributed by atoms with Crippen LogP contribution in [0.25, 0.3) is 0 Å². The van der Waals surface area contributed by atoms with Gasteiger partial charge in [0.25, 0.3) is 0 Å². The first kappa shape index (κ1) is 22.0. The highest BCUT2D eigenvalue weighted by molar-refractivity contribution is 6.84. The molecule has 0 amide bonds. The van der Waals surface area contributed by atoms with Gasteiger partial charge in [0, 0.05) is 6.10 Å². The fourth-order valence-electron chi connectivity index (χ4n) is 8.97. The Balaban J connectivity index is 1.30. The van der Waals surface area contributed by atoms with Gasteiger partial charge in [0.05, 0.1) is 0 Å². The lowest BCUT2D eigenvalue weighted by atomic mass is 9.45. The molecule has 1 nitrogen and oxygen atoms in total. The Hall–Kier alpha value is -0.863. The van der Waals surface area contributed by atoms with Gasteiger partial charge in [0.2, 0.25) is 8.32 Å². The van der Waals surface area contributed by atoms with Crippen molar-refractivity contribution in [3.8, 4) is 0 Å². The van der Waals surface area contributed by atoms with E-state index in [1.807, 2.05) is 0 Å². The zero-order valence-electron chi connectivity index (χ0n) is 20.6. The predicted molar refractivity (Wildman–Crippen MR) is 134 cm³/mol. The number of hydrogen-bond donors (Lipinski definition) is 0. The third-order valence-corrected chi connectivity index (χ3v) is 13.4. The van der Waals surface area contributed by atoms with E-state index in [1.165, 1.54) is 63.0 Å². The summed E-state index contributed by atoms with van der Waals surface area (Å²) in [5, 5.41) is 1.44. The van der Waals surface area contributed by atoms with E-state index in [0.29, 0.717) is 16.9 Å². The summed E-state index contributed by atoms with van der Waals surface area (Å²) in [4.78, 5) is 0. The van der Waals surface area contributed by atoms with E-state index in [0.717, 1.165) is 23.7 Å². The van der Waals surface area contributed by atoms with Crippen molar-refractivity contribution in [2.75, 3.05) is 0 Å². The third kappa shape index (κ3) is 3.51. The van der Waals surface area contributed by atoms with Crippen molar-refractivity contribution < 1.29 is 4.43 Å². The number of fused-ring (bicyclic) bond motifs is 5. The van der Waals surface area contributed by atoms with E-state index in [-0.39, 0.29) is 0 Å². The zero-order chi connectivity index (χ0) is 21.9. The van der Waals surface area contributed by atoms with E-state index in [9.17, 15) is 0 Å². The second-order valence-electron chi connectivity index (χ2n) is 12.4. The van der Waals surface area contributed by atoms with Gasteiger partial charge in [-0.15, -0.1) is 0 Å². The van der Waals surface area contributed by atoms with Crippen LogP contribution in [0.5, 0.6) is 0 Å². The van der Waals surface area contributed by atoms with Gasteiger partial charge in [-0.05, 0) is 117 Å². The minimum Gasteiger partial charge on any atom is -0.410 e. The van der Waals surface area contributed by atoms with Crippen LogP contribution in [0.3, 0.4) is 0 Å². The molecule has 2 heteroatoms. The maximum Gasteiger partial charge on any atom is 0.218 e. The molecule has 4 fully saturated rings. The molecule has 170 valence electrons. The zero-order valence-corrected chi connectivity index (χ0v) is 21.6. The molecule has 4 saturated carbocycles. The molecule has 7 atom stereocenters. The second-order valence-corrected chi connectivity index (χ2v) is 16.2. The van der Waals surface area contributed by atoms with Crippen molar-refractivity contribution in [3.63, 3.8) is 0 Å². The van der Waals surface area contributed by atoms with E-state index in [4.69, 9.17) is 4.43 Å². The summed E-state index contributed by atoms with van der Waals surface area (Å²) in [7, 11) is -1.83. The molecule has 0 heterocycles. The molecule has 0 aliphatic heterocycles. The first-order valence-corrected chi connectivity index (χ1v) is 16.1. The fourth-order valence-corrected chi connectivity index (χ4v) is 11.2. The van der Waals surface area contributed by atoms with Crippen molar-refractivity contribution >= 4 is 13.5 Å². The van der Waals surface area contributed by atoms with Gasteiger partial charge in [-0.3, -0.25) is 0 Å². The van der Waals surface area contributed by atoms with Gasteiger partial charge in [0.15, 0.2) is 0 Å². The fraction of sp³-hybridized carbons (Fsp3) is 0.724. The molecule has 31 heavy (non-hydrogen) atoms. The van der Waals surface area contributed by atoms with Gasteiger partial charge in [-0.1, -0.05) is 55.8 Å². The second kappa shape index (κ2) is 7.87. The largest absolute Gasteiger partial charge is 0.410 e. The van der Waals surface area contributed by atoms with Crippen LogP contribution in [0.1, 0.15) is 78.6 Å². The highest BCUT2D eigenvalue weighted by atomic mass is 28.4. The van der Waals surface area contributed by atoms with Crippen LogP contribution in [-0.2, 0) is 4.43 Å². The average Bonchev–Trinajstić information content (AvgIpc) is 3.11. The normalized spacial score (nSPS) is 43.9. The molecular formula is C29H44OSi. The molecule has 0 saturated heterocycles. The topological polar surface area (TPSA) is 9.23 Å². The summed E-state index contributed by atoms with van der Waals surface area (Å²) in [5.41, 5.74) is 2.86. The molecule has 0 spiro atoms. The van der Waals surface area contributed by atoms with Crippen LogP contribution in [-0.4, -0.2) is 14.4 Å². The summed E-state index contributed by atoms with van der Waals surface area (Å²) >= 11 is 0. The molecule has 0 aromatic heterocycles. The van der Waals surface area contributed by atoms with Gasteiger partial charge in [-0.25, -0.2) is 0 Å². The van der Waals surface area contributed by atoms with Crippen molar-refractivity contribution in [2.45, 2.75) is 97.8 Å². The van der Waals surface area contributed by atoms with Gasteiger partial charge >= 0.3 is 0 Å². The van der Waals surface area contributed by atoms with E-state index in [1.54, 1.807) is 5.57 Å². The lowest BCUT2D eigenvalue weighted by Crippen LogP contribution is -2.55. The quantitative estimate of drug-likeness (QED) is 0.352. The molecule has 1 aromatic carbocycles. The van der Waals surface area contributed by atoms with Crippen molar-refractivity contribution in [2.24, 2.45) is 34.5 Å². The Bertz CT molecular complexity index is 828. The Kier molecular flexibility index (Phi) is 5.57. The molecule has 0 bridgehead atoms. The molecule has 4 aliphatic carbocycles. The summed E-state index contributed by atoms with van der Waals surface area (Å²) in [5.74, 6) is 3.76. The number of rotatable bonds is 3. The SMILES string of the molecule is C/C=C1/CC[C@H]2[C@@H]3CC[C@H]4C[C@H](O[Si](C)(C)c5ccccc5)CC[C@]4(C)[C@H]3CC[C@]12C. The Labute approximate surface area is 192 Å². The summed E-state index contributed by atoms with van der Waals surface area (Å²) < 4.78 is 6.94. The van der Waals surface area contributed by atoms with Crippen LogP contribution in [0.4, 0.5) is 0 Å². The lowest BCUT2D eigenvalue weighted by molar-refractivity contribution is -0.114. The predicted octanol–water partition coefficient (Wildman–Crippen LogP) is 7.47. The highest BCUT2D eigenvalue weighted by Crippen LogP contribution is 2.67. The first-order valence-electron chi connectivity index (χ1n) is 13.2. The number of benzene rings is 1. The molecule has 4 aliphatic rings. The van der Waals surface area contributed by atoms with Crippen molar-refractivity contribution in [3.05, 3.63) is 42.0 Å². The third-order valence-electron chi connectivity index (χ3n) is 10.7. The number of allylic oxidation sites excluding steroid dienone is 2. The van der Waals surface area contributed by atoms with Gasteiger partial charge < -0.3 is 4.43 Å². The number of hydrogen-bond acceptors (Lipinski definition) is 1. The molecule has 0 radical (unpaired) electrons. The smallest absolute Gasteiger partial charge is 0.218 e. The molecular weight excluding hydrogens is 392 g/mol. The Morgan fingerprint density at radius 2 is 1.71 bits per heavy atom. The maximum absolute atomic E-state index is 6.94. The van der Waals surface area contributed by atoms with E-state index >= 15 is 0 Å². The van der Waals surface area contributed by atoms with Crippen LogP contribution >= 0.6 is 0 Å². The summed E-state index contributed by atoms with van der Waals surface area (Å²) in [6.45, 7) is 12.4. The highest BCUT2D eigenvalue weighted by Gasteiger charge is 2.59. The lowest BCUT2D eigenvalue weighted by Gasteiger charge is -2.61. The standard InChI is InChI=1S/C29H44OSi/c1-6-21-13-15-26-25-14-12-22-20-23(30-31(4,5)24-10-8-7-9-11-24)16-18-29(22,3)27(25)17-19-28(21,26)2/h6-11,22-23,25-27H,12-20H2,1-5H3/b21-6-/t22-,23+,25-,26-,27-,28+,29-/m0/s1. The first-order chi connectivity index (χ1) is 14.8. The van der Waals surface area contributed by atoms with Crippen molar-refractivity contribution in [1.82, 2.24) is 0 Å². The Morgan fingerprint density at radius 1 is 0.935 bits per heavy atom. The van der Waals surface area contributed by atoms with Crippen LogP contribution < -0.4 is 5.19 Å². The van der Waals surface area contributed by atoms with Gasteiger partial charge in [0.1, 0.15) is 0 Å².